The van der Waals surface area contributed by atoms with Crippen LogP contribution in [0, 0.1) is 0 Å². The molecule has 1 aliphatic heterocycles. The lowest BCUT2D eigenvalue weighted by Gasteiger charge is -1.89. The predicted molar refractivity (Wildman–Crippen MR) is 53.4 cm³/mol. The molecule has 0 atom stereocenters. The Morgan fingerprint density at radius 3 is 2.18 bits per heavy atom. The molecule has 62 valence electrons. The summed E-state index contributed by atoms with van der Waals surface area (Å²) in [5, 5.41) is 3.13. The third-order valence-corrected chi connectivity index (χ3v) is 1.18. The summed E-state index contributed by atoms with van der Waals surface area (Å²) in [6, 6.07) is 0. The molecule has 0 spiro atoms. The second kappa shape index (κ2) is 5.54. The van der Waals surface area contributed by atoms with Crippen LogP contribution in [0.25, 0.3) is 0 Å². The monoisotopic (exact) mass is 151 g/mol. The van der Waals surface area contributed by atoms with Gasteiger partial charge in [-0.3, -0.25) is 0 Å². The Labute approximate surface area is 70.3 Å². The summed E-state index contributed by atoms with van der Waals surface area (Å²) in [4.78, 5) is 0. The minimum Gasteiger partial charge on any atom is -0.385 e. The summed E-state index contributed by atoms with van der Waals surface area (Å²) < 4.78 is 0. The molecule has 0 saturated carbocycles. The Kier molecular flexibility index (Phi) is 4.91. The van der Waals surface area contributed by atoms with Crippen LogP contribution in [0.3, 0.4) is 0 Å². The standard InChI is InChI=1S/C6H9N.C4H6.H2/c1-5-3-6(2)7-4-5;1-3-4-2;/h3,7H,1,4H2,2H3;3-4H,1-2H2;1H. The summed E-state index contributed by atoms with van der Waals surface area (Å²) in [5.74, 6) is 0. The minimum atomic E-state index is 0. The van der Waals surface area contributed by atoms with Crippen molar-refractivity contribution >= 4 is 0 Å². The largest absolute Gasteiger partial charge is 0.385 e. The average molecular weight is 151 g/mol. The van der Waals surface area contributed by atoms with Crippen molar-refractivity contribution in [2.45, 2.75) is 6.92 Å². The van der Waals surface area contributed by atoms with Crippen LogP contribution in [0.5, 0.6) is 0 Å². The molecule has 0 amide bonds. The average Bonchev–Trinajstić information content (AvgIpc) is 2.35. The molecule has 0 saturated heterocycles. The molecule has 0 bridgehead atoms. The lowest BCUT2D eigenvalue weighted by Crippen LogP contribution is -2.04. The van der Waals surface area contributed by atoms with Crippen LogP contribution in [0.1, 0.15) is 8.35 Å². The fourth-order valence-electron chi connectivity index (χ4n) is 0.661. The fourth-order valence-corrected chi connectivity index (χ4v) is 0.661. The van der Waals surface area contributed by atoms with Crippen LogP contribution >= 0.6 is 0 Å². The minimum absolute atomic E-state index is 0. The maximum absolute atomic E-state index is 3.77. The van der Waals surface area contributed by atoms with Gasteiger partial charge in [0, 0.05) is 13.7 Å². The quantitative estimate of drug-likeness (QED) is 0.568. The maximum atomic E-state index is 3.77. The van der Waals surface area contributed by atoms with E-state index in [1.165, 1.54) is 11.3 Å². The summed E-state index contributed by atoms with van der Waals surface area (Å²) in [6.45, 7) is 13.5. The van der Waals surface area contributed by atoms with Crippen LogP contribution in [0.4, 0.5) is 0 Å². The second-order valence-electron chi connectivity index (χ2n) is 2.31. The molecule has 1 N–H and O–H groups in total. The molecular formula is C10H17N. The topological polar surface area (TPSA) is 12.0 Å². The van der Waals surface area contributed by atoms with E-state index < -0.39 is 0 Å². The van der Waals surface area contributed by atoms with Crippen molar-refractivity contribution in [1.82, 2.24) is 5.32 Å². The fraction of sp³-hybridized carbons (Fsp3) is 0.200. The van der Waals surface area contributed by atoms with E-state index in [-0.39, 0.29) is 1.43 Å². The zero-order valence-corrected chi connectivity index (χ0v) is 7.06. The van der Waals surface area contributed by atoms with Gasteiger partial charge < -0.3 is 5.32 Å². The van der Waals surface area contributed by atoms with E-state index in [1.807, 2.05) is 6.92 Å². The lowest BCUT2D eigenvalue weighted by atomic mass is 10.3. The highest BCUT2D eigenvalue weighted by molar-refractivity contribution is 5.26. The van der Waals surface area contributed by atoms with Gasteiger partial charge in [-0.1, -0.05) is 31.9 Å². The highest BCUT2D eigenvalue weighted by atomic mass is 14.9. The van der Waals surface area contributed by atoms with Crippen LogP contribution in [-0.2, 0) is 0 Å². The number of hydrogen-bond acceptors (Lipinski definition) is 1. The van der Waals surface area contributed by atoms with Gasteiger partial charge in [0.2, 0.25) is 0 Å². The van der Waals surface area contributed by atoms with Crippen molar-refractivity contribution in [3.05, 3.63) is 49.2 Å². The summed E-state index contributed by atoms with van der Waals surface area (Å²) in [5.41, 5.74) is 2.41. The summed E-state index contributed by atoms with van der Waals surface area (Å²) in [6.07, 6.45) is 5.33. The highest BCUT2D eigenvalue weighted by Gasteiger charge is 1.97. The molecule has 1 rings (SSSR count). The van der Waals surface area contributed by atoms with E-state index in [1.54, 1.807) is 12.2 Å². The normalized spacial score (nSPS) is 13.9. The molecule has 0 radical (unpaired) electrons. The second-order valence-corrected chi connectivity index (χ2v) is 2.31. The molecule has 1 nitrogen and oxygen atoms in total. The van der Waals surface area contributed by atoms with Crippen LogP contribution in [0.2, 0.25) is 0 Å². The first-order valence-corrected chi connectivity index (χ1v) is 3.54. The maximum Gasteiger partial charge on any atom is 0.0392 e. The van der Waals surface area contributed by atoms with Crippen LogP contribution < -0.4 is 5.32 Å². The third kappa shape index (κ3) is 5.22. The lowest BCUT2D eigenvalue weighted by molar-refractivity contribution is 0.938. The molecule has 1 heteroatoms. The van der Waals surface area contributed by atoms with Gasteiger partial charge in [-0.15, -0.1) is 0 Å². The molecule has 1 heterocycles. The highest BCUT2D eigenvalue weighted by Crippen LogP contribution is 2.03. The van der Waals surface area contributed by atoms with Gasteiger partial charge in [0.25, 0.3) is 0 Å². The van der Waals surface area contributed by atoms with Gasteiger partial charge >= 0.3 is 0 Å². The Hall–Kier alpha value is -1.24. The van der Waals surface area contributed by atoms with E-state index in [0.29, 0.717) is 0 Å². The van der Waals surface area contributed by atoms with E-state index in [9.17, 15) is 0 Å². The van der Waals surface area contributed by atoms with Gasteiger partial charge in [-0.25, -0.2) is 0 Å². The first kappa shape index (κ1) is 9.76. The predicted octanol–water partition coefficient (Wildman–Crippen LogP) is 2.65. The summed E-state index contributed by atoms with van der Waals surface area (Å²) >= 11 is 0. The Morgan fingerprint density at radius 1 is 1.55 bits per heavy atom. The first-order valence-electron chi connectivity index (χ1n) is 3.54. The van der Waals surface area contributed by atoms with Gasteiger partial charge in [-0.2, -0.15) is 0 Å². The van der Waals surface area contributed by atoms with Crippen LogP contribution in [0.15, 0.2) is 49.2 Å². The van der Waals surface area contributed by atoms with E-state index >= 15 is 0 Å². The van der Waals surface area contributed by atoms with Crippen molar-refractivity contribution in [3.63, 3.8) is 0 Å². The number of hydrogen-bond donors (Lipinski definition) is 1. The number of allylic oxidation sites excluding steroid dienone is 3. The molecule has 0 fully saturated rings. The Morgan fingerprint density at radius 2 is 2.09 bits per heavy atom. The Balaban J connectivity index is 0. The van der Waals surface area contributed by atoms with E-state index in [4.69, 9.17) is 0 Å². The smallest absolute Gasteiger partial charge is 0.0392 e. The molecule has 0 aliphatic carbocycles. The third-order valence-electron chi connectivity index (χ3n) is 1.18. The van der Waals surface area contributed by atoms with Crippen molar-refractivity contribution in [2.24, 2.45) is 0 Å². The van der Waals surface area contributed by atoms with E-state index in [0.717, 1.165) is 6.54 Å². The number of nitrogens with one attached hydrogen (secondary N) is 1. The van der Waals surface area contributed by atoms with Crippen molar-refractivity contribution in [3.8, 4) is 0 Å². The summed E-state index contributed by atoms with van der Waals surface area (Å²) in [7, 11) is 0. The van der Waals surface area contributed by atoms with Gasteiger partial charge in [0.15, 0.2) is 0 Å². The van der Waals surface area contributed by atoms with Gasteiger partial charge in [-0.05, 0) is 18.6 Å². The molecule has 0 aromatic rings. The SMILES string of the molecule is C=C1C=C(C)NC1.C=CC=C.[HH]. The van der Waals surface area contributed by atoms with Gasteiger partial charge in [0.1, 0.15) is 0 Å². The van der Waals surface area contributed by atoms with E-state index in [2.05, 4.69) is 31.1 Å². The number of rotatable bonds is 1. The first-order chi connectivity index (χ1) is 5.20. The molecule has 1 aliphatic rings. The molecule has 0 aromatic heterocycles. The zero-order valence-electron chi connectivity index (χ0n) is 7.06. The molecule has 0 unspecified atom stereocenters. The molecular weight excluding hydrogens is 134 g/mol. The van der Waals surface area contributed by atoms with Crippen molar-refractivity contribution in [2.75, 3.05) is 6.54 Å². The van der Waals surface area contributed by atoms with Gasteiger partial charge in [0.05, 0.1) is 0 Å². The molecule has 0 aromatic carbocycles. The molecule has 11 heavy (non-hydrogen) atoms. The zero-order chi connectivity index (χ0) is 8.69. The van der Waals surface area contributed by atoms with Crippen molar-refractivity contribution in [1.29, 1.82) is 0 Å². The van der Waals surface area contributed by atoms with Crippen LogP contribution in [-0.4, -0.2) is 6.54 Å². The Bertz CT molecular complexity index is 186. The van der Waals surface area contributed by atoms with Crippen molar-refractivity contribution < 1.29 is 1.43 Å².